The number of rotatable bonds is 8. The lowest BCUT2D eigenvalue weighted by Gasteiger charge is -2.35. The van der Waals surface area contributed by atoms with E-state index in [1.807, 2.05) is 48.5 Å². The van der Waals surface area contributed by atoms with Gasteiger partial charge >= 0.3 is 23.3 Å². The van der Waals surface area contributed by atoms with Crippen molar-refractivity contribution in [3.8, 4) is 0 Å². The van der Waals surface area contributed by atoms with E-state index in [1.54, 1.807) is 12.1 Å². The summed E-state index contributed by atoms with van der Waals surface area (Å²) in [5, 5.41) is -7.58. The van der Waals surface area contributed by atoms with E-state index in [-0.39, 0.29) is 10.9 Å². The van der Waals surface area contributed by atoms with Crippen molar-refractivity contribution in [2.75, 3.05) is 13.2 Å². The number of alkyl halides is 9. The van der Waals surface area contributed by atoms with Crippen LogP contribution in [0.2, 0.25) is 0 Å². The van der Waals surface area contributed by atoms with Gasteiger partial charge in [0.25, 0.3) is 0 Å². The summed E-state index contributed by atoms with van der Waals surface area (Å²) in [4.78, 5) is 3.90. The first-order valence-electron chi connectivity index (χ1n) is 14.2. The molecule has 0 bridgehead atoms. The Balaban J connectivity index is 0.000000272. The lowest BCUT2D eigenvalue weighted by molar-refractivity contribution is -0.382. The standard InChI is InChI=1S/C26H27O4S2.C4HF9O3S/c27-32(28,25-12-7-17-26(20-25)29-18-19-30-26)24-15-13-23(14-16-24)31(21-8-3-1-4-9-21)22-10-5-2-6-11-22;5-1(6,3(9,10)11)2(7,8)4(12,13)17(14,15)16/h1-6,8-11,13-16,25H,7,12,17-20H2;(H,14,15,16)/q+1;/p-1. The van der Waals surface area contributed by atoms with E-state index in [4.69, 9.17) is 9.47 Å². The molecule has 0 amide bonds. The number of halogens is 9. The first-order chi connectivity index (χ1) is 22.6. The molecule has 0 aromatic heterocycles. The maximum Gasteiger partial charge on any atom is 0.460 e. The number of hydrogen-bond donors (Lipinski definition) is 0. The highest BCUT2D eigenvalue weighted by molar-refractivity contribution is 7.97. The fraction of sp³-hybridized carbons (Fsp3) is 0.400. The van der Waals surface area contributed by atoms with E-state index < -0.39 is 54.3 Å². The summed E-state index contributed by atoms with van der Waals surface area (Å²) in [6, 6.07) is 28.2. The van der Waals surface area contributed by atoms with Crippen LogP contribution in [0.25, 0.3) is 0 Å². The minimum absolute atomic E-state index is 0.296. The maximum atomic E-state index is 13.4. The predicted octanol–water partition coefficient (Wildman–Crippen LogP) is 7.20. The molecule has 3 aromatic rings. The van der Waals surface area contributed by atoms with Crippen LogP contribution in [0.1, 0.15) is 25.7 Å². The van der Waals surface area contributed by atoms with Gasteiger partial charge in [0, 0.05) is 12.8 Å². The molecule has 5 rings (SSSR count). The monoisotopic (exact) mass is 766 g/mol. The second kappa shape index (κ2) is 14.1. The van der Waals surface area contributed by atoms with E-state index >= 15 is 0 Å². The molecule has 1 atom stereocenters. The van der Waals surface area contributed by atoms with Crippen LogP contribution in [0, 0.1) is 0 Å². The second-order valence-electron chi connectivity index (χ2n) is 10.9. The average Bonchev–Trinajstić information content (AvgIpc) is 3.48. The molecule has 3 aromatic carbocycles. The molecule has 7 nitrogen and oxygen atoms in total. The SMILES string of the molecule is O=S(=O)([O-])C(F)(F)C(F)(F)C(F)(F)C(F)(F)F.O=S(=O)(c1ccc([S+](c2ccccc2)c2ccccc2)cc1)C1CCCC2(C1)OCCO2. The fourth-order valence-corrected chi connectivity index (χ4v) is 9.55. The number of ether oxygens (including phenoxy) is 2. The van der Waals surface area contributed by atoms with Crippen molar-refractivity contribution in [1.29, 1.82) is 0 Å². The van der Waals surface area contributed by atoms with E-state index in [1.165, 1.54) is 9.79 Å². The summed E-state index contributed by atoms with van der Waals surface area (Å²) in [5.41, 5.74) is 0. The quantitative estimate of drug-likeness (QED) is 0.136. The van der Waals surface area contributed by atoms with Gasteiger partial charge in [-0.15, -0.1) is 0 Å². The number of hydrogen-bond acceptors (Lipinski definition) is 7. The molecule has 2 aliphatic rings. The van der Waals surface area contributed by atoms with E-state index in [0.717, 1.165) is 17.7 Å². The summed E-state index contributed by atoms with van der Waals surface area (Å²) in [6.45, 7) is 1.09. The van der Waals surface area contributed by atoms with Crippen LogP contribution in [-0.4, -0.2) is 68.9 Å². The Bertz CT molecular complexity index is 1740. The van der Waals surface area contributed by atoms with Crippen LogP contribution in [0.3, 0.4) is 0 Å². The normalized spacial score (nSPS) is 19.0. The van der Waals surface area contributed by atoms with Gasteiger partial charge in [-0.25, -0.2) is 16.8 Å². The molecular weight excluding hydrogens is 740 g/mol. The van der Waals surface area contributed by atoms with Crippen molar-refractivity contribution in [2.45, 2.75) is 79.6 Å². The Morgan fingerprint density at radius 1 is 0.673 bits per heavy atom. The van der Waals surface area contributed by atoms with E-state index in [2.05, 4.69) is 24.3 Å². The Labute approximate surface area is 278 Å². The lowest BCUT2D eigenvalue weighted by Crippen LogP contribution is -2.63. The molecule has 1 saturated heterocycles. The Kier molecular flexibility index (Phi) is 11.2. The summed E-state index contributed by atoms with van der Waals surface area (Å²) < 4.78 is 174. The van der Waals surface area contributed by atoms with Gasteiger partial charge in [0.2, 0.25) is 0 Å². The molecule has 49 heavy (non-hydrogen) atoms. The summed E-state index contributed by atoms with van der Waals surface area (Å²) >= 11 is 0. The van der Waals surface area contributed by atoms with Gasteiger partial charge in [0.15, 0.2) is 40.4 Å². The van der Waals surface area contributed by atoms with Gasteiger partial charge in [-0.3, -0.25) is 0 Å². The summed E-state index contributed by atoms with van der Waals surface area (Å²) in [7, 11) is -11.2. The van der Waals surface area contributed by atoms with Crippen molar-refractivity contribution < 1.29 is 70.4 Å². The molecule has 1 unspecified atom stereocenters. The zero-order valence-electron chi connectivity index (χ0n) is 24.9. The largest absolute Gasteiger partial charge is 0.743 e. The van der Waals surface area contributed by atoms with Gasteiger partial charge in [-0.05, 0) is 61.4 Å². The molecule has 1 heterocycles. The highest BCUT2D eigenvalue weighted by atomic mass is 32.2. The van der Waals surface area contributed by atoms with Crippen molar-refractivity contribution in [2.24, 2.45) is 0 Å². The Morgan fingerprint density at radius 2 is 1.12 bits per heavy atom. The smallest absolute Gasteiger partial charge is 0.460 e. The average molecular weight is 767 g/mol. The summed E-state index contributed by atoms with van der Waals surface area (Å²) in [6.07, 6.45) is -4.53. The first kappa shape index (κ1) is 39.0. The van der Waals surface area contributed by atoms with Crippen LogP contribution in [0.15, 0.2) is 105 Å². The van der Waals surface area contributed by atoms with Crippen molar-refractivity contribution in [3.63, 3.8) is 0 Å². The lowest BCUT2D eigenvalue weighted by atomic mass is 9.94. The van der Waals surface area contributed by atoms with Gasteiger partial charge in [0.1, 0.15) is 0 Å². The highest BCUT2D eigenvalue weighted by Gasteiger charge is 2.83. The van der Waals surface area contributed by atoms with Crippen LogP contribution in [-0.2, 0) is 40.3 Å². The molecular formula is C30H27F9O7S3. The predicted molar refractivity (Wildman–Crippen MR) is 156 cm³/mol. The van der Waals surface area contributed by atoms with Crippen LogP contribution in [0.5, 0.6) is 0 Å². The Morgan fingerprint density at radius 3 is 1.55 bits per heavy atom. The number of benzene rings is 3. The summed E-state index contributed by atoms with van der Waals surface area (Å²) in [5.74, 6) is -15.5. The third kappa shape index (κ3) is 7.75. The molecule has 1 saturated carbocycles. The zero-order chi connectivity index (χ0) is 36.5. The minimum Gasteiger partial charge on any atom is -0.743 e. The van der Waals surface area contributed by atoms with E-state index in [9.17, 15) is 60.9 Å². The van der Waals surface area contributed by atoms with Crippen LogP contribution >= 0.6 is 0 Å². The zero-order valence-corrected chi connectivity index (χ0v) is 27.3. The first-order valence-corrected chi connectivity index (χ1v) is 18.4. The van der Waals surface area contributed by atoms with Crippen molar-refractivity contribution in [1.82, 2.24) is 0 Å². The molecule has 1 aliphatic heterocycles. The molecule has 270 valence electrons. The molecule has 0 N–H and O–H groups in total. The third-order valence-electron chi connectivity index (χ3n) is 7.65. The Hall–Kier alpha value is -2.84. The fourth-order valence-electron chi connectivity index (χ4n) is 5.17. The molecule has 19 heteroatoms. The number of sulfone groups is 1. The molecule has 1 aliphatic carbocycles. The van der Waals surface area contributed by atoms with Crippen LogP contribution in [0.4, 0.5) is 39.5 Å². The topological polar surface area (TPSA) is 110 Å². The molecule has 0 radical (unpaired) electrons. The van der Waals surface area contributed by atoms with Gasteiger partial charge < -0.3 is 14.0 Å². The third-order valence-corrected chi connectivity index (χ3v) is 13.0. The van der Waals surface area contributed by atoms with E-state index in [0.29, 0.717) is 31.0 Å². The molecule has 1 spiro atoms. The van der Waals surface area contributed by atoms with Gasteiger partial charge in [-0.1, -0.05) is 36.4 Å². The second-order valence-corrected chi connectivity index (χ2v) is 16.6. The molecule has 2 fully saturated rings. The van der Waals surface area contributed by atoms with Crippen molar-refractivity contribution >= 4 is 30.9 Å². The maximum absolute atomic E-state index is 13.4. The minimum atomic E-state index is -7.43. The van der Waals surface area contributed by atoms with Gasteiger partial charge in [0.05, 0.1) is 34.3 Å². The van der Waals surface area contributed by atoms with Crippen molar-refractivity contribution in [3.05, 3.63) is 84.9 Å². The van der Waals surface area contributed by atoms with Crippen LogP contribution < -0.4 is 0 Å². The highest BCUT2D eigenvalue weighted by Crippen LogP contribution is 2.54. The van der Waals surface area contributed by atoms with Gasteiger partial charge in [-0.2, -0.15) is 39.5 Å².